The van der Waals surface area contributed by atoms with Crippen LogP contribution in [0.2, 0.25) is 0 Å². The molecule has 9 heteroatoms. The molecule has 20 heavy (non-hydrogen) atoms. The molecule has 0 unspecified atom stereocenters. The largest absolute Gasteiger partial charge is 0.394 e. The highest BCUT2D eigenvalue weighted by Gasteiger charge is 2.68. The average molecular weight is 303 g/mol. The fourth-order valence-corrected chi connectivity index (χ4v) is 2.74. The van der Waals surface area contributed by atoms with E-state index in [0.29, 0.717) is 0 Å². The molecule has 1 aromatic rings. The van der Waals surface area contributed by atoms with Crippen LogP contribution in [0.4, 0.5) is 0 Å². The van der Waals surface area contributed by atoms with E-state index in [4.69, 9.17) is 22.7 Å². The second-order valence-electron chi connectivity index (χ2n) is 5.17. The van der Waals surface area contributed by atoms with Crippen molar-refractivity contribution in [3.05, 3.63) is 27.4 Å². The first-order valence-corrected chi connectivity index (χ1v) is 6.33. The van der Waals surface area contributed by atoms with Crippen LogP contribution >= 0.6 is 12.2 Å². The zero-order chi connectivity index (χ0) is 15.3. The van der Waals surface area contributed by atoms with Gasteiger partial charge in [0.2, 0.25) is 0 Å². The Hall–Kier alpha value is -1.10. The topological polar surface area (TPSA) is 134 Å². The SMILES string of the molecule is C[C@@]1(n2ccc(=O)[nH]c2=S)O[C@H](CO)[C@@](C)(O)[C@@]1(N)O. The van der Waals surface area contributed by atoms with Crippen LogP contribution in [0.3, 0.4) is 0 Å². The van der Waals surface area contributed by atoms with E-state index < -0.39 is 35.3 Å². The Morgan fingerprint density at radius 1 is 1.55 bits per heavy atom. The molecule has 1 fully saturated rings. The lowest BCUT2D eigenvalue weighted by molar-refractivity contribution is -0.195. The summed E-state index contributed by atoms with van der Waals surface area (Å²) < 4.78 is 6.74. The molecule has 0 aliphatic carbocycles. The van der Waals surface area contributed by atoms with Gasteiger partial charge in [-0.3, -0.25) is 20.1 Å². The lowest BCUT2D eigenvalue weighted by atomic mass is 9.84. The van der Waals surface area contributed by atoms with Crippen molar-refractivity contribution < 1.29 is 20.1 Å². The van der Waals surface area contributed by atoms with Crippen molar-refractivity contribution in [2.24, 2.45) is 5.73 Å². The molecule has 112 valence electrons. The minimum absolute atomic E-state index is 0.0294. The molecule has 0 amide bonds. The summed E-state index contributed by atoms with van der Waals surface area (Å²) in [6, 6.07) is 1.18. The van der Waals surface area contributed by atoms with Crippen molar-refractivity contribution in [2.45, 2.75) is 37.0 Å². The Labute approximate surface area is 119 Å². The minimum Gasteiger partial charge on any atom is -0.394 e. The smallest absolute Gasteiger partial charge is 0.251 e. The Balaban J connectivity index is 2.66. The fourth-order valence-electron chi connectivity index (χ4n) is 2.41. The number of nitrogens with one attached hydrogen (secondary N) is 1. The van der Waals surface area contributed by atoms with Crippen molar-refractivity contribution in [3.63, 3.8) is 0 Å². The van der Waals surface area contributed by atoms with Gasteiger partial charge in [-0.1, -0.05) is 0 Å². The van der Waals surface area contributed by atoms with Crippen LogP contribution in [0.5, 0.6) is 0 Å². The summed E-state index contributed by atoms with van der Waals surface area (Å²) in [6.45, 7) is 2.12. The van der Waals surface area contributed by atoms with Crippen LogP contribution in [0, 0.1) is 4.77 Å². The monoisotopic (exact) mass is 303 g/mol. The predicted octanol–water partition coefficient (Wildman–Crippen LogP) is -1.63. The number of aromatic nitrogens is 2. The van der Waals surface area contributed by atoms with Crippen molar-refractivity contribution in [3.8, 4) is 0 Å². The molecule has 1 aliphatic heterocycles. The maximum absolute atomic E-state index is 11.2. The first-order valence-electron chi connectivity index (χ1n) is 5.92. The number of nitrogens with zero attached hydrogens (tertiary/aromatic N) is 1. The molecular formula is C11H17N3O5S. The molecule has 0 aromatic carbocycles. The minimum atomic E-state index is -2.25. The van der Waals surface area contributed by atoms with Crippen molar-refractivity contribution >= 4 is 12.2 Å². The summed E-state index contributed by atoms with van der Waals surface area (Å²) in [6.07, 6.45) is 0.186. The van der Waals surface area contributed by atoms with Gasteiger partial charge in [0, 0.05) is 12.3 Å². The van der Waals surface area contributed by atoms with E-state index in [9.17, 15) is 20.1 Å². The highest BCUT2D eigenvalue weighted by molar-refractivity contribution is 7.71. The zero-order valence-electron chi connectivity index (χ0n) is 11.0. The van der Waals surface area contributed by atoms with Crippen LogP contribution in [0.1, 0.15) is 13.8 Å². The molecule has 6 N–H and O–H groups in total. The summed E-state index contributed by atoms with van der Waals surface area (Å²) >= 11 is 5.02. The van der Waals surface area contributed by atoms with E-state index >= 15 is 0 Å². The lowest BCUT2D eigenvalue weighted by Crippen LogP contribution is -2.68. The van der Waals surface area contributed by atoms with Gasteiger partial charge in [-0.2, -0.15) is 0 Å². The number of nitrogens with two attached hydrogens (primary N) is 1. The Morgan fingerprint density at radius 2 is 2.15 bits per heavy atom. The first kappa shape index (κ1) is 15.3. The number of aliphatic hydroxyl groups is 3. The van der Waals surface area contributed by atoms with Gasteiger partial charge in [0.1, 0.15) is 11.7 Å². The highest BCUT2D eigenvalue weighted by atomic mass is 32.1. The van der Waals surface area contributed by atoms with Crippen molar-refractivity contribution in [1.29, 1.82) is 0 Å². The molecule has 0 spiro atoms. The van der Waals surface area contributed by atoms with Gasteiger partial charge in [-0.05, 0) is 26.1 Å². The second-order valence-corrected chi connectivity index (χ2v) is 5.55. The molecule has 0 bridgehead atoms. The summed E-state index contributed by atoms with van der Waals surface area (Å²) in [5.41, 5.74) is -0.391. The quantitative estimate of drug-likeness (QED) is 0.327. The Bertz CT molecular complexity index is 637. The third-order valence-corrected chi connectivity index (χ3v) is 4.23. The van der Waals surface area contributed by atoms with E-state index in [1.807, 2.05) is 0 Å². The van der Waals surface area contributed by atoms with Crippen LogP contribution in [-0.2, 0) is 10.5 Å². The number of aromatic amines is 1. The van der Waals surface area contributed by atoms with Gasteiger partial charge in [0.25, 0.3) is 5.56 Å². The number of aliphatic hydroxyl groups excluding tert-OH is 1. The normalized spacial score (nSPS) is 41.0. The Morgan fingerprint density at radius 3 is 2.60 bits per heavy atom. The summed E-state index contributed by atoms with van der Waals surface area (Å²) in [7, 11) is 0. The number of ether oxygens (including phenoxy) is 1. The third-order valence-electron chi connectivity index (χ3n) is 3.93. The first-order chi connectivity index (χ1) is 9.08. The van der Waals surface area contributed by atoms with Gasteiger partial charge >= 0.3 is 0 Å². The number of hydrogen-bond acceptors (Lipinski definition) is 7. The van der Waals surface area contributed by atoms with Gasteiger partial charge in [0.05, 0.1) is 6.61 Å². The van der Waals surface area contributed by atoms with Crippen LogP contribution in [-0.4, -0.2) is 48.9 Å². The zero-order valence-corrected chi connectivity index (χ0v) is 11.8. The molecule has 1 aromatic heterocycles. The molecule has 4 atom stereocenters. The number of hydrogen-bond donors (Lipinski definition) is 5. The number of H-pyrrole nitrogens is 1. The van der Waals surface area contributed by atoms with E-state index in [1.165, 1.54) is 30.7 Å². The summed E-state index contributed by atoms with van der Waals surface area (Å²) in [4.78, 5) is 13.6. The molecule has 0 radical (unpaired) electrons. The maximum atomic E-state index is 11.2. The fraction of sp³-hybridized carbons (Fsp3) is 0.636. The van der Waals surface area contributed by atoms with Crippen LogP contribution in [0.25, 0.3) is 0 Å². The molecular weight excluding hydrogens is 286 g/mol. The average Bonchev–Trinajstić information content (AvgIpc) is 2.47. The molecule has 1 aliphatic rings. The van der Waals surface area contributed by atoms with Crippen LogP contribution in [0.15, 0.2) is 17.1 Å². The van der Waals surface area contributed by atoms with Gasteiger partial charge in [-0.25, -0.2) is 0 Å². The van der Waals surface area contributed by atoms with Gasteiger partial charge < -0.3 is 20.1 Å². The second kappa shape index (κ2) is 4.45. The molecule has 0 saturated carbocycles. The summed E-state index contributed by atoms with van der Waals surface area (Å²) in [5.74, 6) is 0. The van der Waals surface area contributed by atoms with Gasteiger partial charge in [-0.15, -0.1) is 0 Å². The van der Waals surface area contributed by atoms with Gasteiger partial charge in [0.15, 0.2) is 16.2 Å². The molecule has 2 rings (SSSR count). The van der Waals surface area contributed by atoms with E-state index in [2.05, 4.69) is 4.98 Å². The maximum Gasteiger partial charge on any atom is 0.251 e. The third kappa shape index (κ3) is 1.79. The summed E-state index contributed by atoms with van der Waals surface area (Å²) in [5, 5.41) is 30.1. The highest BCUT2D eigenvalue weighted by Crippen LogP contribution is 2.46. The predicted molar refractivity (Wildman–Crippen MR) is 71.3 cm³/mol. The lowest BCUT2D eigenvalue weighted by Gasteiger charge is -2.40. The molecule has 1 saturated heterocycles. The van der Waals surface area contributed by atoms with Crippen LogP contribution < -0.4 is 11.3 Å². The standard InChI is InChI=1S/C11H17N3O5S/c1-9(17)6(5-15)19-10(2,11(9,12)18)14-4-3-7(16)13-8(14)20/h3-4,6,15,17-18H,5,12H2,1-2H3,(H,13,16,20)/t6-,9-,10-,11-/m1/s1. The van der Waals surface area contributed by atoms with E-state index in [0.717, 1.165) is 0 Å². The van der Waals surface area contributed by atoms with E-state index in [1.54, 1.807) is 0 Å². The number of rotatable bonds is 2. The van der Waals surface area contributed by atoms with Crippen molar-refractivity contribution in [1.82, 2.24) is 9.55 Å². The van der Waals surface area contributed by atoms with E-state index in [-0.39, 0.29) is 4.77 Å². The Kier molecular flexibility index (Phi) is 3.40. The molecule has 8 nitrogen and oxygen atoms in total. The van der Waals surface area contributed by atoms with Crippen molar-refractivity contribution in [2.75, 3.05) is 6.61 Å². The molecule has 2 heterocycles.